The lowest BCUT2D eigenvalue weighted by Gasteiger charge is -2.17. The van der Waals surface area contributed by atoms with Crippen molar-refractivity contribution in [1.82, 2.24) is 14.6 Å². The first-order valence-corrected chi connectivity index (χ1v) is 6.90. The van der Waals surface area contributed by atoms with Gasteiger partial charge in [-0.1, -0.05) is 32.4 Å². The normalized spacial score (nSPS) is 11.8. The van der Waals surface area contributed by atoms with Gasteiger partial charge in [-0.2, -0.15) is 5.10 Å². The number of fused-ring (bicyclic) bond motifs is 1. The van der Waals surface area contributed by atoms with Gasteiger partial charge in [0.2, 0.25) is 0 Å². The van der Waals surface area contributed by atoms with Gasteiger partial charge in [0.15, 0.2) is 5.65 Å². The molecule has 0 unspecified atom stereocenters. The van der Waals surface area contributed by atoms with Gasteiger partial charge < -0.3 is 4.74 Å². The Hall–Kier alpha value is -1.62. The van der Waals surface area contributed by atoms with E-state index in [1.807, 2.05) is 0 Å². The lowest BCUT2D eigenvalue weighted by molar-refractivity contribution is 0.0528. The molecule has 2 rings (SSSR count). The standard InChI is InChI=1S/C14H18ClN3O2/c1-5-20-13(19)10-8-16-18-11(15)6-9(17-12(10)18)7-14(2,3)4/h6,8H,5,7H2,1-4H3. The molecule has 0 spiro atoms. The van der Waals surface area contributed by atoms with Crippen LogP contribution in [0.1, 0.15) is 43.7 Å². The molecule has 20 heavy (non-hydrogen) atoms. The molecule has 0 aliphatic heterocycles. The minimum Gasteiger partial charge on any atom is -0.462 e. The summed E-state index contributed by atoms with van der Waals surface area (Å²) in [7, 11) is 0. The highest BCUT2D eigenvalue weighted by Crippen LogP contribution is 2.23. The van der Waals surface area contributed by atoms with E-state index >= 15 is 0 Å². The van der Waals surface area contributed by atoms with Crippen LogP contribution in [-0.2, 0) is 11.2 Å². The van der Waals surface area contributed by atoms with Gasteiger partial charge in [0, 0.05) is 5.69 Å². The summed E-state index contributed by atoms with van der Waals surface area (Å²) in [6, 6.07) is 1.78. The van der Waals surface area contributed by atoms with Crippen molar-refractivity contribution >= 4 is 23.2 Å². The highest BCUT2D eigenvalue weighted by Gasteiger charge is 2.19. The topological polar surface area (TPSA) is 56.5 Å². The molecule has 0 saturated carbocycles. The third kappa shape index (κ3) is 3.10. The molecule has 2 aromatic heterocycles. The second-order valence-corrected chi connectivity index (χ2v) is 6.21. The fraction of sp³-hybridized carbons (Fsp3) is 0.500. The number of hydrogen-bond acceptors (Lipinski definition) is 4. The Morgan fingerprint density at radius 2 is 2.15 bits per heavy atom. The molecule has 0 atom stereocenters. The summed E-state index contributed by atoms with van der Waals surface area (Å²) in [5.41, 5.74) is 1.69. The Morgan fingerprint density at radius 3 is 2.75 bits per heavy atom. The van der Waals surface area contributed by atoms with Crippen LogP contribution in [0.3, 0.4) is 0 Å². The maximum atomic E-state index is 11.9. The van der Waals surface area contributed by atoms with Gasteiger partial charge in [0.05, 0.1) is 12.8 Å². The van der Waals surface area contributed by atoms with Crippen LogP contribution in [0, 0.1) is 5.41 Å². The van der Waals surface area contributed by atoms with Crippen LogP contribution in [-0.4, -0.2) is 27.2 Å². The number of nitrogens with zero attached hydrogens (tertiary/aromatic N) is 3. The quantitative estimate of drug-likeness (QED) is 0.645. The summed E-state index contributed by atoms with van der Waals surface area (Å²) in [4.78, 5) is 16.4. The Kier molecular flexibility index (Phi) is 3.99. The van der Waals surface area contributed by atoms with Crippen molar-refractivity contribution in [2.75, 3.05) is 6.61 Å². The highest BCUT2D eigenvalue weighted by atomic mass is 35.5. The fourth-order valence-electron chi connectivity index (χ4n) is 1.96. The first kappa shape index (κ1) is 14.8. The van der Waals surface area contributed by atoms with Crippen LogP contribution in [0.15, 0.2) is 12.3 Å². The molecule has 0 saturated heterocycles. The maximum Gasteiger partial charge on any atom is 0.343 e. The molecule has 6 heteroatoms. The summed E-state index contributed by atoms with van der Waals surface area (Å²) in [5, 5.41) is 4.52. The van der Waals surface area contributed by atoms with Crippen LogP contribution in [0.25, 0.3) is 5.65 Å². The Balaban J connectivity index is 2.50. The number of aromatic nitrogens is 3. The number of rotatable bonds is 3. The zero-order chi connectivity index (χ0) is 14.9. The summed E-state index contributed by atoms with van der Waals surface area (Å²) in [5.74, 6) is -0.432. The average Bonchev–Trinajstić information content (AvgIpc) is 2.71. The van der Waals surface area contributed by atoms with E-state index in [-0.39, 0.29) is 5.41 Å². The molecule has 0 radical (unpaired) electrons. The van der Waals surface area contributed by atoms with E-state index in [1.54, 1.807) is 13.0 Å². The molecule has 2 aromatic rings. The summed E-state index contributed by atoms with van der Waals surface area (Å²) in [6.45, 7) is 8.43. The van der Waals surface area contributed by atoms with E-state index in [0.717, 1.165) is 12.1 Å². The van der Waals surface area contributed by atoms with E-state index in [4.69, 9.17) is 16.3 Å². The highest BCUT2D eigenvalue weighted by molar-refractivity contribution is 6.29. The lowest BCUT2D eigenvalue weighted by Crippen LogP contribution is -2.12. The average molecular weight is 296 g/mol. The summed E-state index contributed by atoms with van der Waals surface area (Å²) < 4.78 is 6.44. The van der Waals surface area contributed by atoms with Gasteiger partial charge in [-0.25, -0.2) is 14.3 Å². The molecule has 0 fully saturated rings. The second-order valence-electron chi connectivity index (χ2n) is 5.82. The van der Waals surface area contributed by atoms with Crippen LogP contribution < -0.4 is 0 Å². The van der Waals surface area contributed by atoms with Gasteiger partial charge in [-0.05, 0) is 24.8 Å². The van der Waals surface area contributed by atoms with Crippen molar-refractivity contribution in [3.8, 4) is 0 Å². The lowest BCUT2D eigenvalue weighted by atomic mass is 9.90. The third-order valence-corrected chi connectivity index (χ3v) is 2.96. The number of carbonyl (C=O) groups is 1. The van der Waals surface area contributed by atoms with Crippen molar-refractivity contribution in [2.45, 2.75) is 34.1 Å². The van der Waals surface area contributed by atoms with Crippen molar-refractivity contribution < 1.29 is 9.53 Å². The summed E-state index contributed by atoms with van der Waals surface area (Å²) >= 11 is 6.19. The zero-order valence-electron chi connectivity index (χ0n) is 12.1. The molecular weight excluding hydrogens is 278 g/mol. The van der Waals surface area contributed by atoms with Crippen molar-refractivity contribution in [1.29, 1.82) is 0 Å². The maximum absolute atomic E-state index is 11.9. The SMILES string of the molecule is CCOC(=O)c1cnn2c(Cl)cc(CC(C)(C)C)nc12. The predicted octanol–water partition coefficient (Wildman–Crippen LogP) is 3.15. The molecule has 5 nitrogen and oxygen atoms in total. The number of carbonyl (C=O) groups excluding carboxylic acids is 1. The number of ether oxygens (including phenoxy) is 1. The Bertz CT molecular complexity index is 644. The predicted molar refractivity (Wildman–Crippen MR) is 77.1 cm³/mol. The Morgan fingerprint density at radius 1 is 1.45 bits per heavy atom. The fourth-order valence-corrected chi connectivity index (χ4v) is 2.21. The zero-order valence-corrected chi connectivity index (χ0v) is 12.9. The first-order valence-electron chi connectivity index (χ1n) is 6.52. The summed E-state index contributed by atoms with van der Waals surface area (Å²) in [6.07, 6.45) is 2.20. The van der Waals surface area contributed by atoms with Gasteiger partial charge in [0.25, 0.3) is 0 Å². The van der Waals surface area contributed by atoms with Gasteiger partial charge in [-0.3, -0.25) is 0 Å². The minimum absolute atomic E-state index is 0.0821. The van der Waals surface area contributed by atoms with E-state index in [9.17, 15) is 4.79 Å². The molecule has 0 aliphatic carbocycles. The van der Waals surface area contributed by atoms with Crippen molar-refractivity contribution in [3.63, 3.8) is 0 Å². The van der Waals surface area contributed by atoms with Gasteiger partial charge in [0.1, 0.15) is 10.7 Å². The Labute approximate surface area is 122 Å². The molecule has 2 heterocycles. The number of halogens is 1. The van der Waals surface area contributed by atoms with E-state index < -0.39 is 5.97 Å². The number of hydrogen-bond donors (Lipinski definition) is 0. The molecule has 0 aliphatic rings. The van der Waals surface area contributed by atoms with Gasteiger partial charge >= 0.3 is 5.97 Å². The molecule has 0 bridgehead atoms. The van der Waals surface area contributed by atoms with E-state index in [1.165, 1.54) is 10.7 Å². The van der Waals surface area contributed by atoms with Crippen LogP contribution in [0.4, 0.5) is 0 Å². The van der Waals surface area contributed by atoms with Crippen LogP contribution in [0.5, 0.6) is 0 Å². The number of esters is 1. The third-order valence-electron chi connectivity index (χ3n) is 2.69. The molecule has 0 aromatic carbocycles. The van der Waals surface area contributed by atoms with Crippen LogP contribution in [0.2, 0.25) is 5.15 Å². The van der Waals surface area contributed by atoms with Crippen LogP contribution >= 0.6 is 11.6 Å². The van der Waals surface area contributed by atoms with E-state index in [2.05, 4.69) is 30.9 Å². The molecule has 0 amide bonds. The monoisotopic (exact) mass is 295 g/mol. The molecule has 0 N–H and O–H groups in total. The minimum atomic E-state index is -0.432. The van der Waals surface area contributed by atoms with Crippen molar-refractivity contribution in [3.05, 3.63) is 28.7 Å². The largest absolute Gasteiger partial charge is 0.462 e. The van der Waals surface area contributed by atoms with Crippen molar-refractivity contribution in [2.24, 2.45) is 5.41 Å². The smallest absolute Gasteiger partial charge is 0.343 e. The van der Waals surface area contributed by atoms with E-state index in [0.29, 0.717) is 23.0 Å². The van der Waals surface area contributed by atoms with Gasteiger partial charge in [-0.15, -0.1) is 0 Å². The molecular formula is C14H18ClN3O2. The second kappa shape index (κ2) is 5.40. The molecule has 108 valence electrons. The first-order chi connectivity index (χ1) is 9.31.